The van der Waals surface area contributed by atoms with Crippen molar-refractivity contribution < 1.29 is 9.90 Å². The van der Waals surface area contributed by atoms with Crippen molar-refractivity contribution in [3.8, 4) is 0 Å². The third-order valence-electron chi connectivity index (χ3n) is 3.94. The minimum absolute atomic E-state index is 0.183. The molecule has 0 bridgehead atoms. The summed E-state index contributed by atoms with van der Waals surface area (Å²) in [6.45, 7) is 2.90. The molecule has 1 aromatic heterocycles. The molecule has 106 valence electrons. The van der Waals surface area contributed by atoms with Crippen LogP contribution in [-0.4, -0.2) is 22.1 Å². The second-order valence-electron chi connectivity index (χ2n) is 5.24. The highest BCUT2D eigenvalue weighted by Crippen LogP contribution is 2.27. The van der Waals surface area contributed by atoms with Crippen molar-refractivity contribution in [1.29, 1.82) is 0 Å². The van der Waals surface area contributed by atoms with Gasteiger partial charge in [0.15, 0.2) is 0 Å². The summed E-state index contributed by atoms with van der Waals surface area (Å²) in [6.07, 6.45) is 7.85. The van der Waals surface area contributed by atoms with E-state index in [1.54, 1.807) is 0 Å². The monoisotopic (exact) mass is 282 g/mol. The second kappa shape index (κ2) is 7.01. The zero-order chi connectivity index (χ0) is 13.7. The van der Waals surface area contributed by atoms with Gasteiger partial charge in [0, 0.05) is 18.0 Å². The third kappa shape index (κ3) is 4.01. The number of nitrogens with zero attached hydrogens (tertiary/aromatic N) is 1. The van der Waals surface area contributed by atoms with Crippen LogP contribution in [0.3, 0.4) is 0 Å². The average Bonchev–Trinajstić information content (AvgIpc) is 2.90. The Balaban J connectivity index is 1.86. The fourth-order valence-electron chi connectivity index (χ4n) is 2.90. The molecule has 2 rings (SSSR count). The van der Waals surface area contributed by atoms with Gasteiger partial charge in [-0.05, 0) is 25.2 Å². The van der Waals surface area contributed by atoms with Crippen molar-refractivity contribution in [2.75, 3.05) is 0 Å². The van der Waals surface area contributed by atoms with E-state index >= 15 is 0 Å². The zero-order valence-electron chi connectivity index (χ0n) is 11.4. The Morgan fingerprint density at radius 3 is 2.84 bits per heavy atom. The fourth-order valence-corrected chi connectivity index (χ4v) is 3.56. The lowest BCUT2D eigenvalue weighted by Gasteiger charge is -2.30. The molecule has 0 aliphatic heterocycles. The van der Waals surface area contributed by atoms with Gasteiger partial charge in [-0.2, -0.15) is 0 Å². The maximum Gasteiger partial charge on any atom is 0.365 e. The summed E-state index contributed by atoms with van der Waals surface area (Å²) < 4.78 is 0. The standard InChI is InChI=1S/C14H22N2O2S/c1-2-12(10-6-4-3-5-7-10)15-8-11-9-19-13(16-11)14(17)18/h9-10,12,15H,2-8H2,1H3,(H,17,18). The lowest BCUT2D eigenvalue weighted by molar-refractivity contribution is 0.0696. The molecule has 0 radical (unpaired) electrons. The normalized spacial score (nSPS) is 18.4. The lowest BCUT2D eigenvalue weighted by atomic mass is 9.83. The first-order valence-electron chi connectivity index (χ1n) is 7.11. The van der Waals surface area contributed by atoms with Gasteiger partial charge in [0.2, 0.25) is 5.01 Å². The molecule has 0 saturated heterocycles. The highest BCUT2D eigenvalue weighted by atomic mass is 32.1. The number of thiazole rings is 1. The number of carboxylic acids is 1. The summed E-state index contributed by atoms with van der Waals surface area (Å²) in [5.41, 5.74) is 0.844. The molecule has 1 heterocycles. The Morgan fingerprint density at radius 1 is 1.53 bits per heavy atom. The predicted molar refractivity (Wildman–Crippen MR) is 76.6 cm³/mol. The van der Waals surface area contributed by atoms with Crippen LogP contribution in [0.2, 0.25) is 0 Å². The van der Waals surface area contributed by atoms with Crippen LogP contribution < -0.4 is 5.32 Å². The van der Waals surface area contributed by atoms with Gasteiger partial charge in [-0.25, -0.2) is 9.78 Å². The van der Waals surface area contributed by atoms with E-state index in [1.807, 2.05) is 5.38 Å². The van der Waals surface area contributed by atoms with E-state index in [0.717, 1.165) is 18.0 Å². The molecular formula is C14H22N2O2S. The zero-order valence-corrected chi connectivity index (χ0v) is 12.2. The van der Waals surface area contributed by atoms with Crippen molar-refractivity contribution >= 4 is 17.3 Å². The van der Waals surface area contributed by atoms with Crippen LogP contribution in [0.5, 0.6) is 0 Å². The van der Waals surface area contributed by atoms with Crippen LogP contribution >= 0.6 is 11.3 Å². The predicted octanol–water partition coefficient (Wildman–Crippen LogP) is 3.29. The molecule has 1 atom stereocenters. The molecule has 0 aromatic carbocycles. The molecule has 2 N–H and O–H groups in total. The van der Waals surface area contributed by atoms with E-state index in [0.29, 0.717) is 12.6 Å². The maximum atomic E-state index is 10.8. The van der Waals surface area contributed by atoms with Gasteiger partial charge >= 0.3 is 5.97 Å². The van der Waals surface area contributed by atoms with Crippen molar-refractivity contribution in [3.05, 3.63) is 16.1 Å². The number of hydrogen-bond acceptors (Lipinski definition) is 4. The molecule has 4 nitrogen and oxygen atoms in total. The van der Waals surface area contributed by atoms with Crippen LogP contribution in [0.25, 0.3) is 0 Å². The number of carbonyl (C=O) groups is 1. The number of aromatic carboxylic acids is 1. The minimum atomic E-state index is -0.935. The van der Waals surface area contributed by atoms with E-state index in [4.69, 9.17) is 5.11 Å². The van der Waals surface area contributed by atoms with Crippen LogP contribution in [0.15, 0.2) is 5.38 Å². The van der Waals surface area contributed by atoms with Gasteiger partial charge in [-0.3, -0.25) is 0 Å². The smallest absolute Gasteiger partial charge is 0.365 e. The molecule has 0 spiro atoms. The van der Waals surface area contributed by atoms with Gasteiger partial charge in [0.25, 0.3) is 0 Å². The molecule has 5 heteroatoms. The number of rotatable bonds is 6. The Bertz CT molecular complexity index is 413. The van der Waals surface area contributed by atoms with E-state index in [1.165, 1.54) is 43.4 Å². The summed E-state index contributed by atoms with van der Waals surface area (Å²) in [4.78, 5) is 14.9. The summed E-state index contributed by atoms with van der Waals surface area (Å²) in [5.74, 6) is -0.160. The summed E-state index contributed by atoms with van der Waals surface area (Å²) >= 11 is 1.20. The summed E-state index contributed by atoms with van der Waals surface area (Å²) in [5, 5.41) is 14.4. The minimum Gasteiger partial charge on any atom is -0.476 e. The number of nitrogens with one attached hydrogen (secondary N) is 1. The molecule has 1 aliphatic rings. The van der Waals surface area contributed by atoms with Gasteiger partial charge in [0.1, 0.15) is 0 Å². The third-order valence-corrected chi connectivity index (χ3v) is 4.82. The molecule has 1 aliphatic carbocycles. The van der Waals surface area contributed by atoms with Crippen LogP contribution in [0.4, 0.5) is 0 Å². The molecule has 1 aromatic rings. The lowest BCUT2D eigenvalue weighted by Crippen LogP contribution is -2.36. The van der Waals surface area contributed by atoms with E-state index in [2.05, 4.69) is 17.2 Å². The highest BCUT2D eigenvalue weighted by molar-refractivity contribution is 7.11. The Kier molecular flexibility index (Phi) is 5.34. The Hall–Kier alpha value is -0.940. The van der Waals surface area contributed by atoms with Crippen molar-refractivity contribution in [3.63, 3.8) is 0 Å². The van der Waals surface area contributed by atoms with Gasteiger partial charge in [-0.15, -0.1) is 11.3 Å². The van der Waals surface area contributed by atoms with Gasteiger partial charge < -0.3 is 10.4 Å². The van der Waals surface area contributed by atoms with E-state index in [9.17, 15) is 4.79 Å². The SMILES string of the molecule is CCC(NCc1csc(C(=O)O)n1)C1CCCCC1. The van der Waals surface area contributed by atoms with Crippen molar-refractivity contribution in [1.82, 2.24) is 10.3 Å². The maximum absolute atomic E-state index is 10.8. The summed E-state index contributed by atoms with van der Waals surface area (Å²) in [7, 11) is 0. The van der Waals surface area contributed by atoms with E-state index in [-0.39, 0.29) is 5.01 Å². The molecule has 0 amide bonds. The first kappa shape index (κ1) is 14.5. The molecule has 1 unspecified atom stereocenters. The van der Waals surface area contributed by atoms with Crippen molar-refractivity contribution in [2.45, 2.75) is 58.0 Å². The average molecular weight is 282 g/mol. The second-order valence-corrected chi connectivity index (χ2v) is 6.10. The number of hydrogen-bond donors (Lipinski definition) is 2. The van der Waals surface area contributed by atoms with Crippen LogP contribution in [-0.2, 0) is 6.54 Å². The fraction of sp³-hybridized carbons (Fsp3) is 0.714. The highest BCUT2D eigenvalue weighted by Gasteiger charge is 2.22. The largest absolute Gasteiger partial charge is 0.476 e. The topological polar surface area (TPSA) is 62.2 Å². The first-order valence-corrected chi connectivity index (χ1v) is 7.99. The quantitative estimate of drug-likeness (QED) is 0.840. The molecule has 19 heavy (non-hydrogen) atoms. The number of carboxylic acid groups (broad SMARTS) is 1. The first-order chi connectivity index (χ1) is 9.20. The van der Waals surface area contributed by atoms with Crippen LogP contribution in [0.1, 0.15) is 60.9 Å². The van der Waals surface area contributed by atoms with Gasteiger partial charge in [-0.1, -0.05) is 26.2 Å². The van der Waals surface area contributed by atoms with Gasteiger partial charge in [0.05, 0.1) is 5.69 Å². The van der Waals surface area contributed by atoms with Crippen molar-refractivity contribution in [2.24, 2.45) is 5.92 Å². The van der Waals surface area contributed by atoms with Crippen LogP contribution in [0, 0.1) is 5.92 Å². The summed E-state index contributed by atoms with van der Waals surface area (Å²) in [6, 6.07) is 0.537. The molecular weight excluding hydrogens is 260 g/mol. The molecule has 1 saturated carbocycles. The number of aromatic nitrogens is 1. The Morgan fingerprint density at radius 2 is 2.26 bits per heavy atom. The van der Waals surface area contributed by atoms with E-state index < -0.39 is 5.97 Å². The Labute approximate surface area is 118 Å². The molecule has 1 fully saturated rings.